The summed E-state index contributed by atoms with van der Waals surface area (Å²) in [6.45, 7) is 1.51. The summed E-state index contributed by atoms with van der Waals surface area (Å²) in [4.78, 5) is 12.6. The normalized spacial score (nSPS) is 20.1. The van der Waals surface area contributed by atoms with Crippen molar-refractivity contribution in [2.45, 2.75) is 18.4 Å². The fraction of sp³-hybridized carbons (Fsp3) is 0.500. The third-order valence-corrected chi connectivity index (χ3v) is 3.42. The van der Waals surface area contributed by atoms with Gasteiger partial charge in [-0.1, -0.05) is 12.1 Å². The van der Waals surface area contributed by atoms with Gasteiger partial charge < -0.3 is 10.0 Å². The minimum absolute atomic E-state index is 0.0135. The van der Waals surface area contributed by atoms with Gasteiger partial charge in [0.05, 0.1) is 16.1 Å². The molecule has 1 aromatic carbocycles. The number of nitro benzene ring substituents is 1. The molecule has 17 heavy (non-hydrogen) atoms. The highest BCUT2D eigenvalue weighted by atomic mass is 16.6. The van der Waals surface area contributed by atoms with Crippen molar-refractivity contribution in [3.8, 4) is 0 Å². The minimum atomic E-state index is -1.06. The summed E-state index contributed by atoms with van der Waals surface area (Å²) in [5.74, 6) is 0. The van der Waals surface area contributed by atoms with Crippen molar-refractivity contribution in [3.63, 3.8) is 0 Å². The summed E-state index contributed by atoms with van der Waals surface area (Å²) in [5, 5.41) is 21.5. The van der Waals surface area contributed by atoms with Gasteiger partial charge in [-0.05, 0) is 26.0 Å². The van der Waals surface area contributed by atoms with Gasteiger partial charge in [0.25, 0.3) is 5.69 Å². The number of hydrogen-bond donors (Lipinski definition) is 1. The molecule has 0 aliphatic carbocycles. The van der Waals surface area contributed by atoms with Crippen molar-refractivity contribution >= 4 is 5.69 Å². The Bertz CT molecular complexity index is 426. The predicted molar refractivity (Wildman–Crippen MR) is 63.7 cm³/mol. The van der Waals surface area contributed by atoms with Crippen LogP contribution in [0.15, 0.2) is 24.3 Å². The SMILES string of the molecule is CN1CCC(O)(c2ccccc2[N+](=O)[O-])CC1. The molecule has 2 rings (SSSR count). The van der Waals surface area contributed by atoms with Crippen molar-refractivity contribution in [2.75, 3.05) is 20.1 Å². The van der Waals surface area contributed by atoms with Gasteiger partial charge >= 0.3 is 0 Å². The molecule has 1 aliphatic heterocycles. The number of piperidine rings is 1. The molecule has 0 amide bonds. The number of para-hydroxylation sites is 1. The van der Waals surface area contributed by atoms with Crippen LogP contribution in [0.4, 0.5) is 5.69 Å². The van der Waals surface area contributed by atoms with Crippen LogP contribution >= 0.6 is 0 Å². The van der Waals surface area contributed by atoms with E-state index in [9.17, 15) is 15.2 Å². The highest BCUT2D eigenvalue weighted by molar-refractivity contribution is 5.44. The molecular weight excluding hydrogens is 220 g/mol. The topological polar surface area (TPSA) is 66.6 Å². The van der Waals surface area contributed by atoms with Crippen LogP contribution in [0.5, 0.6) is 0 Å². The first kappa shape index (κ1) is 12.0. The fourth-order valence-electron chi connectivity index (χ4n) is 2.28. The lowest BCUT2D eigenvalue weighted by Gasteiger charge is -2.36. The monoisotopic (exact) mass is 236 g/mol. The molecule has 0 aromatic heterocycles. The zero-order valence-electron chi connectivity index (χ0n) is 9.80. The molecule has 0 radical (unpaired) electrons. The minimum Gasteiger partial charge on any atom is -0.385 e. The van der Waals surface area contributed by atoms with E-state index >= 15 is 0 Å². The number of hydrogen-bond acceptors (Lipinski definition) is 4. The Morgan fingerprint density at radius 3 is 2.53 bits per heavy atom. The van der Waals surface area contributed by atoms with Crippen LogP contribution in [0.2, 0.25) is 0 Å². The van der Waals surface area contributed by atoms with Crippen LogP contribution in [0.25, 0.3) is 0 Å². The van der Waals surface area contributed by atoms with Crippen LogP contribution in [0, 0.1) is 10.1 Å². The van der Waals surface area contributed by atoms with Gasteiger partial charge in [-0.3, -0.25) is 10.1 Å². The van der Waals surface area contributed by atoms with Crippen LogP contribution in [-0.4, -0.2) is 35.1 Å². The molecule has 1 fully saturated rings. The summed E-state index contributed by atoms with van der Waals surface area (Å²) in [6.07, 6.45) is 1.07. The summed E-state index contributed by atoms with van der Waals surface area (Å²) in [7, 11) is 1.99. The molecule has 0 saturated carbocycles. The third-order valence-electron chi connectivity index (χ3n) is 3.42. The van der Waals surface area contributed by atoms with Gasteiger partial charge in [0.2, 0.25) is 0 Å². The molecule has 0 unspecified atom stereocenters. The molecule has 0 atom stereocenters. The predicted octanol–water partition coefficient (Wildman–Crippen LogP) is 1.51. The fourth-order valence-corrected chi connectivity index (χ4v) is 2.28. The van der Waals surface area contributed by atoms with Crippen molar-refractivity contribution < 1.29 is 10.0 Å². The van der Waals surface area contributed by atoms with E-state index in [-0.39, 0.29) is 5.69 Å². The first-order valence-electron chi connectivity index (χ1n) is 5.68. The third kappa shape index (κ3) is 2.30. The summed E-state index contributed by atoms with van der Waals surface area (Å²) in [6, 6.07) is 6.47. The molecule has 0 spiro atoms. The van der Waals surface area contributed by atoms with E-state index in [1.54, 1.807) is 18.2 Å². The van der Waals surface area contributed by atoms with Gasteiger partial charge in [0.15, 0.2) is 0 Å². The second-order valence-corrected chi connectivity index (χ2v) is 4.61. The summed E-state index contributed by atoms with van der Waals surface area (Å²) >= 11 is 0. The first-order valence-corrected chi connectivity index (χ1v) is 5.68. The lowest BCUT2D eigenvalue weighted by molar-refractivity contribution is -0.386. The smallest absolute Gasteiger partial charge is 0.275 e. The first-order chi connectivity index (χ1) is 8.03. The molecule has 92 valence electrons. The Kier molecular flexibility index (Phi) is 3.13. The highest BCUT2D eigenvalue weighted by Gasteiger charge is 2.37. The molecule has 0 bridgehead atoms. The number of rotatable bonds is 2. The van der Waals surface area contributed by atoms with E-state index in [1.807, 2.05) is 7.05 Å². The quantitative estimate of drug-likeness (QED) is 0.624. The molecule has 1 saturated heterocycles. The van der Waals surface area contributed by atoms with Gasteiger partial charge in [-0.15, -0.1) is 0 Å². The molecule has 5 nitrogen and oxygen atoms in total. The molecule has 5 heteroatoms. The zero-order valence-corrected chi connectivity index (χ0v) is 9.80. The lowest BCUT2D eigenvalue weighted by Crippen LogP contribution is -2.41. The van der Waals surface area contributed by atoms with Crippen LogP contribution in [0.3, 0.4) is 0 Å². The van der Waals surface area contributed by atoms with E-state index in [0.717, 1.165) is 13.1 Å². The molecule has 1 aliphatic rings. The lowest BCUT2D eigenvalue weighted by atomic mass is 9.83. The average Bonchev–Trinajstić information content (AvgIpc) is 2.33. The maximum atomic E-state index is 11.0. The van der Waals surface area contributed by atoms with E-state index in [2.05, 4.69) is 4.90 Å². The molecule has 1 aromatic rings. The van der Waals surface area contributed by atoms with Gasteiger partial charge in [-0.2, -0.15) is 0 Å². The van der Waals surface area contributed by atoms with Gasteiger partial charge in [0.1, 0.15) is 0 Å². The number of aliphatic hydroxyl groups is 1. The number of benzene rings is 1. The van der Waals surface area contributed by atoms with Crippen LogP contribution in [0.1, 0.15) is 18.4 Å². The number of nitrogens with zero attached hydrogens (tertiary/aromatic N) is 2. The molecular formula is C12H16N2O3. The number of nitro groups is 1. The summed E-state index contributed by atoms with van der Waals surface area (Å²) in [5.41, 5.74) is -0.603. The molecule has 1 N–H and O–H groups in total. The van der Waals surface area contributed by atoms with E-state index in [4.69, 9.17) is 0 Å². The standard InChI is InChI=1S/C12H16N2O3/c1-13-8-6-12(15,7-9-13)10-4-2-3-5-11(10)14(16)17/h2-5,15H,6-9H2,1H3. The second-order valence-electron chi connectivity index (χ2n) is 4.61. The van der Waals surface area contributed by atoms with E-state index in [0.29, 0.717) is 18.4 Å². The number of likely N-dealkylation sites (tertiary alicyclic amines) is 1. The maximum Gasteiger partial charge on any atom is 0.275 e. The van der Waals surface area contributed by atoms with Crippen molar-refractivity contribution in [1.29, 1.82) is 0 Å². The van der Waals surface area contributed by atoms with Crippen molar-refractivity contribution in [2.24, 2.45) is 0 Å². The van der Waals surface area contributed by atoms with Crippen LogP contribution < -0.4 is 0 Å². The Hall–Kier alpha value is -1.46. The second kappa shape index (κ2) is 4.43. The Labute approximate surface area is 99.8 Å². The van der Waals surface area contributed by atoms with Crippen molar-refractivity contribution in [3.05, 3.63) is 39.9 Å². The van der Waals surface area contributed by atoms with Crippen LogP contribution in [-0.2, 0) is 5.60 Å². The Morgan fingerprint density at radius 1 is 1.35 bits per heavy atom. The highest BCUT2D eigenvalue weighted by Crippen LogP contribution is 2.37. The largest absolute Gasteiger partial charge is 0.385 e. The molecule has 1 heterocycles. The van der Waals surface area contributed by atoms with E-state index < -0.39 is 10.5 Å². The Balaban J connectivity index is 2.36. The zero-order chi connectivity index (χ0) is 12.5. The van der Waals surface area contributed by atoms with Gasteiger partial charge in [0, 0.05) is 19.2 Å². The van der Waals surface area contributed by atoms with Crippen molar-refractivity contribution in [1.82, 2.24) is 4.90 Å². The summed E-state index contributed by atoms with van der Waals surface area (Å²) < 4.78 is 0. The van der Waals surface area contributed by atoms with Gasteiger partial charge in [-0.25, -0.2) is 0 Å². The van der Waals surface area contributed by atoms with E-state index in [1.165, 1.54) is 6.07 Å². The maximum absolute atomic E-state index is 11.0. The average molecular weight is 236 g/mol. The Morgan fingerprint density at radius 2 is 1.94 bits per heavy atom.